The van der Waals surface area contributed by atoms with E-state index in [0.717, 1.165) is 5.56 Å². The Morgan fingerprint density at radius 2 is 1.84 bits per heavy atom. The average Bonchev–Trinajstić information content (AvgIpc) is 2.62. The molecule has 0 fully saturated rings. The van der Waals surface area contributed by atoms with Crippen LogP contribution in [0, 0.1) is 10.1 Å². The van der Waals surface area contributed by atoms with Crippen LogP contribution in [0.2, 0.25) is 0 Å². The minimum absolute atomic E-state index is 0.126. The lowest BCUT2D eigenvalue weighted by molar-refractivity contribution is -0.384. The molecule has 0 aliphatic carbocycles. The van der Waals surface area contributed by atoms with Gasteiger partial charge in [-0.15, -0.1) is 0 Å². The van der Waals surface area contributed by atoms with Crippen molar-refractivity contribution in [3.63, 3.8) is 0 Å². The molecule has 2 aromatic rings. The largest absolute Gasteiger partial charge is 0.496 e. The van der Waals surface area contributed by atoms with E-state index < -0.39 is 11.0 Å². The molecule has 0 saturated carbocycles. The molecule has 2 aromatic carbocycles. The van der Waals surface area contributed by atoms with Crippen molar-refractivity contribution in [1.29, 1.82) is 0 Å². The van der Waals surface area contributed by atoms with E-state index >= 15 is 0 Å². The molecule has 0 aromatic heterocycles. The van der Waals surface area contributed by atoms with Gasteiger partial charge < -0.3 is 20.1 Å². The lowest BCUT2D eigenvalue weighted by Gasteiger charge is -2.09. The molecule has 25 heavy (non-hydrogen) atoms. The number of anilines is 1. The van der Waals surface area contributed by atoms with Crippen molar-refractivity contribution in [2.45, 2.75) is 0 Å². The number of nitrogens with zero attached hydrogens (tertiary/aromatic N) is 1. The smallest absolute Gasteiger partial charge is 0.323 e. The monoisotopic (exact) mass is 343 g/mol. The van der Waals surface area contributed by atoms with Crippen molar-refractivity contribution in [2.75, 3.05) is 19.5 Å². The van der Waals surface area contributed by atoms with Gasteiger partial charge in [-0.05, 0) is 18.2 Å². The van der Waals surface area contributed by atoms with Crippen LogP contribution in [0.4, 0.5) is 16.2 Å². The Morgan fingerprint density at radius 1 is 1.12 bits per heavy atom. The second-order valence-corrected chi connectivity index (χ2v) is 4.82. The SMILES string of the molecule is COc1ccccc1/C=C/NC(=O)Nc1ccc([N+](=O)[O-])cc1OC. The van der Waals surface area contributed by atoms with Crippen LogP contribution in [0.5, 0.6) is 11.5 Å². The third-order valence-electron chi connectivity index (χ3n) is 3.26. The third kappa shape index (κ3) is 4.71. The fraction of sp³-hybridized carbons (Fsp3) is 0.118. The summed E-state index contributed by atoms with van der Waals surface area (Å²) < 4.78 is 10.3. The van der Waals surface area contributed by atoms with E-state index in [-0.39, 0.29) is 11.4 Å². The van der Waals surface area contributed by atoms with E-state index in [4.69, 9.17) is 9.47 Å². The highest BCUT2D eigenvalue weighted by Gasteiger charge is 2.12. The molecule has 0 aliphatic heterocycles. The quantitative estimate of drug-likeness (QED) is 0.618. The summed E-state index contributed by atoms with van der Waals surface area (Å²) in [4.78, 5) is 22.2. The zero-order chi connectivity index (χ0) is 18.2. The summed E-state index contributed by atoms with van der Waals surface area (Å²) in [6.07, 6.45) is 3.15. The lowest BCUT2D eigenvalue weighted by atomic mass is 10.2. The molecule has 0 saturated heterocycles. The predicted octanol–water partition coefficient (Wildman–Crippen LogP) is 3.40. The molecule has 0 aliphatic rings. The molecule has 8 nitrogen and oxygen atoms in total. The summed E-state index contributed by atoms with van der Waals surface area (Å²) in [5, 5.41) is 15.9. The van der Waals surface area contributed by atoms with Gasteiger partial charge in [0.15, 0.2) is 0 Å². The van der Waals surface area contributed by atoms with Gasteiger partial charge in [-0.25, -0.2) is 4.79 Å². The molecule has 0 unspecified atom stereocenters. The summed E-state index contributed by atoms with van der Waals surface area (Å²) in [6.45, 7) is 0. The maximum atomic E-state index is 11.9. The third-order valence-corrected chi connectivity index (χ3v) is 3.26. The number of rotatable bonds is 6. The Bertz CT molecular complexity index is 805. The molecule has 0 bridgehead atoms. The molecular weight excluding hydrogens is 326 g/mol. The van der Waals surface area contributed by atoms with Crippen molar-refractivity contribution in [1.82, 2.24) is 5.32 Å². The van der Waals surface area contributed by atoms with Crippen molar-refractivity contribution >= 4 is 23.5 Å². The summed E-state index contributed by atoms with van der Waals surface area (Å²) >= 11 is 0. The van der Waals surface area contributed by atoms with Gasteiger partial charge in [0.1, 0.15) is 11.5 Å². The van der Waals surface area contributed by atoms with Crippen molar-refractivity contribution in [3.8, 4) is 11.5 Å². The number of hydrogen-bond donors (Lipinski definition) is 2. The van der Waals surface area contributed by atoms with E-state index in [2.05, 4.69) is 10.6 Å². The topological polar surface area (TPSA) is 103 Å². The van der Waals surface area contributed by atoms with Gasteiger partial charge in [0.25, 0.3) is 5.69 Å². The number of urea groups is 1. The number of ether oxygens (including phenoxy) is 2. The van der Waals surface area contributed by atoms with Crippen LogP contribution in [0.15, 0.2) is 48.7 Å². The standard InChI is InChI=1S/C17H17N3O5/c1-24-15-6-4-3-5-12(15)9-10-18-17(21)19-14-8-7-13(20(22)23)11-16(14)25-2/h3-11H,1-2H3,(H2,18,19,21)/b10-9+. The van der Waals surface area contributed by atoms with Crippen LogP contribution < -0.4 is 20.1 Å². The highest BCUT2D eigenvalue weighted by atomic mass is 16.6. The number of nitro benzene ring substituents is 1. The Balaban J connectivity index is 2.03. The molecule has 2 N–H and O–H groups in total. The van der Waals surface area contributed by atoms with Crippen LogP contribution in [0.25, 0.3) is 6.08 Å². The van der Waals surface area contributed by atoms with Crippen LogP contribution in [-0.2, 0) is 0 Å². The Hall–Kier alpha value is -3.55. The molecule has 0 atom stereocenters. The minimum Gasteiger partial charge on any atom is -0.496 e. The van der Waals surface area contributed by atoms with Gasteiger partial charge in [0.2, 0.25) is 0 Å². The average molecular weight is 343 g/mol. The molecule has 0 radical (unpaired) electrons. The molecule has 0 spiro atoms. The summed E-state index contributed by atoms with van der Waals surface area (Å²) in [7, 11) is 2.93. The first-order valence-electron chi connectivity index (χ1n) is 7.24. The Morgan fingerprint density at radius 3 is 2.52 bits per heavy atom. The van der Waals surface area contributed by atoms with Gasteiger partial charge >= 0.3 is 6.03 Å². The molecule has 8 heteroatoms. The summed E-state index contributed by atoms with van der Waals surface area (Å²) in [5.41, 5.74) is 0.994. The number of para-hydroxylation sites is 1. The van der Waals surface area contributed by atoms with E-state index in [1.165, 1.54) is 31.5 Å². The maximum Gasteiger partial charge on any atom is 0.323 e. The van der Waals surface area contributed by atoms with Crippen molar-refractivity contribution < 1.29 is 19.2 Å². The van der Waals surface area contributed by atoms with Gasteiger partial charge in [-0.1, -0.05) is 18.2 Å². The van der Waals surface area contributed by atoms with E-state index in [0.29, 0.717) is 11.4 Å². The van der Waals surface area contributed by atoms with Gasteiger partial charge in [-0.3, -0.25) is 10.1 Å². The first-order chi connectivity index (χ1) is 12.0. The number of benzene rings is 2. The van der Waals surface area contributed by atoms with Crippen LogP contribution in [0.1, 0.15) is 5.56 Å². The summed E-state index contributed by atoms with van der Waals surface area (Å²) in [5.74, 6) is 0.871. The normalized spacial score (nSPS) is 10.3. The predicted molar refractivity (Wildman–Crippen MR) is 93.8 cm³/mol. The number of hydrogen-bond acceptors (Lipinski definition) is 5. The minimum atomic E-state index is -0.539. The van der Waals surface area contributed by atoms with Crippen LogP contribution in [-0.4, -0.2) is 25.2 Å². The maximum absolute atomic E-state index is 11.9. The fourth-order valence-electron chi connectivity index (χ4n) is 2.07. The molecular formula is C17H17N3O5. The molecule has 130 valence electrons. The fourth-order valence-corrected chi connectivity index (χ4v) is 2.07. The number of nitrogens with one attached hydrogen (secondary N) is 2. The number of methoxy groups -OCH3 is 2. The lowest BCUT2D eigenvalue weighted by Crippen LogP contribution is -2.24. The van der Waals surface area contributed by atoms with Gasteiger partial charge in [-0.2, -0.15) is 0 Å². The van der Waals surface area contributed by atoms with Crippen LogP contribution >= 0.6 is 0 Å². The van der Waals surface area contributed by atoms with Gasteiger partial charge in [0, 0.05) is 17.8 Å². The first kappa shape index (κ1) is 17.8. The van der Waals surface area contributed by atoms with Crippen molar-refractivity contribution in [3.05, 3.63) is 64.3 Å². The zero-order valence-corrected chi connectivity index (χ0v) is 13.7. The Kier molecular flexibility index (Phi) is 5.94. The highest BCUT2D eigenvalue weighted by Crippen LogP contribution is 2.28. The van der Waals surface area contributed by atoms with Gasteiger partial charge in [0.05, 0.1) is 30.9 Å². The van der Waals surface area contributed by atoms with E-state index in [9.17, 15) is 14.9 Å². The molecule has 2 amide bonds. The van der Waals surface area contributed by atoms with E-state index in [1.54, 1.807) is 13.2 Å². The van der Waals surface area contributed by atoms with E-state index in [1.807, 2.05) is 24.3 Å². The van der Waals surface area contributed by atoms with Crippen molar-refractivity contribution in [2.24, 2.45) is 0 Å². The second-order valence-electron chi connectivity index (χ2n) is 4.82. The number of carbonyl (C=O) groups excluding carboxylic acids is 1. The highest BCUT2D eigenvalue weighted by molar-refractivity contribution is 5.92. The number of nitro groups is 1. The Labute approximate surface area is 144 Å². The number of amides is 2. The summed E-state index contributed by atoms with van der Waals surface area (Å²) in [6, 6.07) is 10.7. The first-order valence-corrected chi connectivity index (χ1v) is 7.24. The zero-order valence-electron chi connectivity index (χ0n) is 13.7. The number of non-ortho nitro benzene ring substituents is 1. The number of carbonyl (C=O) groups is 1. The van der Waals surface area contributed by atoms with Crippen LogP contribution in [0.3, 0.4) is 0 Å². The second kappa shape index (κ2) is 8.34. The molecule has 0 heterocycles. The molecule has 2 rings (SSSR count).